The van der Waals surface area contributed by atoms with Gasteiger partial charge in [-0.2, -0.15) is 5.10 Å². The lowest BCUT2D eigenvalue weighted by atomic mass is 9.99. The number of nitrogens with one attached hydrogen (secondary N) is 1. The molecule has 0 saturated carbocycles. The summed E-state index contributed by atoms with van der Waals surface area (Å²) in [5.41, 5.74) is 8.94. The maximum Gasteiger partial charge on any atom is 0.271 e. The van der Waals surface area contributed by atoms with E-state index >= 15 is 0 Å². The molecule has 4 aromatic rings. The molecule has 6 nitrogen and oxygen atoms in total. The topological polar surface area (TPSA) is 63.2 Å². The quantitative estimate of drug-likeness (QED) is 0.177. The van der Waals surface area contributed by atoms with Gasteiger partial charge in [0.15, 0.2) is 11.5 Å². The molecule has 0 radical (unpaired) electrons. The van der Waals surface area contributed by atoms with Crippen molar-refractivity contribution in [3.8, 4) is 11.5 Å². The van der Waals surface area contributed by atoms with E-state index < -0.39 is 0 Å². The minimum Gasteiger partial charge on any atom is -0.490 e. The van der Waals surface area contributed by atoms with Gasteiger partial charge in [-0.1, -0.05) is 60.1 Å². The van der Waals surface area contributed by atoms with Crippen molar-refractivity contribution in [3.63, 3.8) is 0 Å². The number of nitrogens with zero attached hydrogens (tertiary/aromatic N) is 2. The molecule has 0 aliphatic carbocycles. The van der Waals surface area contributed by atoms with Crippen LogP contribution in [0, 0.1) is 0 Å². The number of benzene rings is 4. The Morgan fingerprint density at radius 3 is 2.55 bits per heavy atom. The van der Waals surface area contributed by atoms with Crippen molar-refractivity contribution in [2.24, 2.45) is 5.10 Å². The molecule has 1 heterocycles. The van der Waals surface area contributed by atoms with Gasteiger partial charge >= 0.3 is 0 Å². The lowest BCUT2D eigenvalue weighted by Gasteiger charge is -2.28. The van der Waals surface area contributed by atoms with Gasteiger partial charge in [0.2, 0.25) is 0 Å². The summed E-state index contributed by atoms with van der Waals surface area (Å²) in [7, 11) is 0. The summed E-state index contributed by atoms with van der Waals surface area (Å²) < 4.78 is 11.7. The molecule has 4 aromatic carbocycles. The average Bonchev–Trinajstić information content (AvgIpc) is 2.97. The number of carbonyl (C=O) groups excluding carboxylic acids is 1. The first-order valence-corrected chi connectivity index (χ1v) is 13.8. The van der Waals surface area contributed by atoms with E-state index in [9.17, 15) is 4.79 Å². The smallest absolute Gasteiger partial charge is 0.271 e. The third kappa shape index (κ3) is 7.29. The highest BCUT2D eigenvalue weighted by Crippen LogP contribution is 2.29. The van der Waals surface area contributed by atoms with Crippen LogP contribution in [0.5, 0.6) is 11.5 Å². The van der Waals surface area contributed by atoms with Crippen molar-refractivity contribution >= 4 is 23.7 Å². The normalized spacial score (nSPS) is 13.2. The summed E-state index contributed by atoms with van der Waals surface area (Å²) in [6, 6.07) is 29.4. The number of hydrogen-bond acceptors (Lipinski definition) is 5. The van der Waals surface area contributed by atoms with Gasteiger partial charge in [0, 0.05) is 30.2 Å². The van der Waals surface area contributed by atoms with Gasteiger partial charge in [-0.25, -0.2) is 5.43 Å². The fourth-order valence-corrected chi connectivity index (χ4v) is 4.93. The molecular formula is C33H32ClN3O3. The van der Waals surface area contributed by atoms with E-state index in [2.05, 4.69) is 39.7 Å². The zero-order valence-corrected chi connectivity index (χ0v) is 23.2. The van der Waals surface area contributed by atoms with Crippen molar-refractivity contribution in [3.05, 3.63) is 129 Å². The van der Waals surface area contributed by atoms with E-state index in [4.69, 9.17) is 21.1 Å². The Balaban J connectivity index is 1.14. The molecule has 0 unspecified atom stereocenters. The average molecular weight is 554 g/mol. The van der Waals surface area contributed by atoms with Crippen LogP contribution in [0.3, 0.4) is 0 Å². The molecule has 40 heavy (non-hydrogen) atoms. The highest BCUT2D eigenvalue weighted by Gasteiger charge is 2.16. The van der Waals surface area contributed by atoms with E-state index in [-0.39, 0.29) is 5.91 Å². The molecular weight excluding hydrogens is 522 g/mol. The summed E-state index contributed by atoms with van der Waals surface area (Å²) in [5, 5.41) is 4.81. The Morgan fingerprint density at radius 1 is 0.925 bits per heavy atom. The summed E-state index contributed by atoms with van der Waals surface area (Å²) in [5.74, 6) is 0.964. The van der Waals surface area contributed by atoms with Gasteiger partial charge in [0.1, 0.15) is 6.61 Å². The first kappa shape index (κ1) is 27.4. The first-order valence-electron chi connectivity index (χ1n) is 13.4. The van der Waals surface area contributed by atoms with Gasteiger partial charge in [-0.3, -0.25) is 9.69 Å². The van der Waals surface area contributed by atoms with E-state index in [1.165, 1.54) is 16.7 Å². The molecule has 0 aromatic heterocycles. The molecule has 7 heteroatoms. The van der Waals surface area contributed by atoms with Crippen LogP contribution in [-0.4, -0.2) is 30.2 Å². The second-order valence-corrected chi connectivity index (χ2v) is 10.1. The lowest BCUT2D eigenvalue weighted by Crippen LogP contribution is -2.30. The van der Waals surface area contributed by atoms with Crippen LogP contribution in [0.4, 0.5) is 0 Å². The zero-order chi connectivity index (χ0) is 27.7. The number of halogens is 1. The minimum atomic E-state index is -0.263. The molecule has 204 valence electrons. The largest absolute Gasteiger partial charge is 0.490 e. The third-order valence-electron chi connectivity index (χ3n) is 6.76. The molecule has 5 rings (SSSR count). The van der Waals surface area contributed by atoms with Crippen molar-refractivity contribution in [2.45, 2.75) is 33.0 Å². The molecule has 0 fully saturated rings. The number of ether oxygens (including phenoxy) is 2. The minimum absolute atomic E-state index is 0.263. The lowest BCUT2D eigenvalue weighted by molar-refractivity contribution is 0.0955. The van der Waals surface area contributed by atoms with Crippen LogP contribution in [0.15, 0.2) is 96.1 Å². The van der Waals surface area contributed by atoms with Crippen molar-refractivity contribution in [1.82, 2.24) is 10.3 Å². The van der Waals surface area contributed by atoms with Crippen LogP contribution >= 0.6 is 11.6 Å². The Labute approximate surface area is 240 Å². The summed E-state index contributed by atoms with van der Waals surface area (Å²) in [6.07, 6.45) is 2.66. The maximum absolute atomic E-state index is 12.7. The molecule has 0 bridgehead atoms. The van der Waals surface area contributed by atoms with Crippen LogP contribution in [0.25, 0.3) is 0 Å². The molecule has 1 amide bonds. The summed E-state index contributed by atoms with van der Waals surface area (Å²) >= 11 is 6.07. The second kappa shape index (κ2) is 13.3. The Morgan fingerprint density at radius 2 is 1.75 bits per heavy atom. The number of carbonyl (C=O) groups is 1. The standard InChI is InChI=1S/C33H32ClN3O3/c1-2-39-32-19-25(12-15-31(32)40-23-26-6-5-9-30(34)18-26)20-35-36-33(38)28-13-10-24(11-14-28)21-37-17-16-27-7-3-4-8-29(27)22-37/h3-15,18-20H,2,16-17,21-23H2,1H3,(H,36,38)/b35-20-. The molecule has 0 spiro atoms. The highest BCUT2D eigenvalue weighted by molar-refractivity contribution is 6.30. The van der Waals surface area contributed by atoms with Gasteiger partial charge in [-0.15, -0.1) is 0 Å². The maximum atomic E-state index is 12.7. The fraction of sp³-hybridized carbons (Fsp3) is 0.212. The Hall–Kier alpha value is -4.13. The van der Waals surface area contributed by atoms with Crippen LogP contribution in [0.1, 0.15) is 45.1 Å². The molecule has 0 atom stereocenters. The van der Waals surface area contributed by atoms with Crippen molar-refractivity contribution in [1.29, 1.82) is 0 Å². The van der Waals surface area contributed by atoms with Crippen molar-refractivity contribution in [2.75, 3.05) is 13.2 Å². The van der Waals surface area contributed by atoms with E-state index in [1.807, 2.05) is 73.7 Å². The Kier molecular flexibility index (Phi) is 9.11. The number of amides is 1. The fourth-order valence-electron chi connectivity index (χ4n) is 4.72. The zero-order valence-electron chi connectivity index (χ0n) is 22.5. The van der Waals surface area contributed by atoms with Gasteiger partial charge in [-0.05, 0) is 83.6 Å². The van der Waals surface area contributed by atoms with E-state index in [0.29, 0.717) is 35.3 Å². The molecule has 1 aliphatic heterocycles. The summed E-state index contributed by atoms with van der Waals surface area (Å²) in [6.45, 7) is 5.62. The van der Waals surface area contributed by atoms with E-state index in [1.54, 1.807) is 6.21 Å². The monoisotopic (exact) mass is 553 g/mol. The van der Waals surface area contributed by atoms with Gasteiger partial charge in [0.25, 0.3) is 5.91 Å². The third-order valence-corrected chi connectivity index (χ3v) is 7.00. The van der Waals surface area contributed by atoms with E-state index in [0.717, 1.165) is 37.2 Å². The van der Waals surface area contributed by atoms with Gasteiger partial charge < -0.3 is 9.47 Å². The first-order chi connectivity index (χ1) is 19.6. The van der Waals surface area contributed by atoms with Crippen LogP contribution in [0.2, 0.25) is 5.02 Å². The predicted octanol–water partition coefficient (Wildman–Crippen LogP) is 6.64. The predicted molar refractivity (Wildman–Crippen MR) is 159 cm³/mol. The van der Waals surface area contributed by atoms with Gasteiger partial charge in [0.05, 0.1) is 12.8 Å². The number of fused-ring (bicyclic) bond motifs is 1. The number of hydrogen-bond donors (Lipinski definition) is 1. The highest BCUT2D eigenvalue weighted by atomic mass is 35.5. The number of rotatable bonds is 10. The number of hydrazone groups is 1. The van der Waals surface area contributed by atoms with Crippen LogP contribution < -0.4 is 14.9 Å². The second-order valence-electron chi connectivity index (χ2n) is 9.68. The summed E-state index contributed by atoms with van der Waals surface area (Å²) in [4.78, 5) is 15.1. The van der Waals surface area contributed by atoms with Crippen LogP contribution in [-0.2, 0) is 26.1 Å². The Bertz CT molecular complexity index is 1490. The molecule has 1 N–H and O–H groups in total. The molecule has 0 saturated heterocycles. The SMILES string of the molecule is CCOc1cc(/C=N\NC(=O)c2ccc(CN3CCc4ccccc4C3)cc2)ccc1OCc1cccc(Cl)c1. The van der Waals surface area contributed by atoms with Crippen molar-refractivity contribution < 1.29 is 14.3 Å². The molecule has 1 aliphatic rings.